The van der Waals surface area contributed by atoms with E-state index in [1.54, 1.807) is 0 Å². The Hall–Kier alpha value is -2.49. The van der Waals surface area contributed by atoms with E-state index in [2.05, 4.69) is 5.32 Å². The third kappa shape index (κ3) is 4.52. The fraction of sp³-hybridized carbons (Fsp3) is 0.278. The molecule has 0 unspecified atom stereocenters. The van der Waals surface area contributed by atoms with Crippen LogP contribution in [0.1, 0.15) is 13.8 Å². The van der Waals surface area contributed by atoms with Crippen molar-refractivity contribution in [3.05, 3.63) is 54.6 Å². The van der Waals surface area contributed by atoms with Crippen molar-refractivity contribution in [2.24, 2.45) is 0 Å². The van der Waals surface area contributed by atoms with Gasteiger partial charge < -0.3 is 15.0 Å². The van der Waals surface area contributed by atoms with Gasteiger partial charge in [0, 0.05) is 12.7 Å². The number of anilines is 2. The molecule has 116 valence electrons. The lowest BCUT2D eigenvalue weighted by Crippen LogP contribution is -2.30. The molecule has 0 aliphatic heterocycles. The van der Waals surface area contributed by atoms with Crippen molar-refractivity contribution in [1.29, 1.82) is 0 Å². The Labute approximate surface area is 131 Å². The zero-order valence-corrected chi connectivity index (χ0v) is 13.2. The Bertz CT molecular complexity index is 611. The number of likely N-dealkylation sites (N-methyl/N-ethyl adjacent to an activating group) is 1. The second kappa shape index (κ2) is 7.50. The summed E-state index contributed by atoms with van der Waals surface area (Å²) in [5.74, 6) is 0.611. The SMILES string of the molecule is CC(C)Oc1ccccc1NC(=O)CN(C)c1ccccc1. The van der Waals surface area contributed by atoms with Crippen LogP contribution in [0.4, 0.5) is 11.4 Å². The van der Waals surface area contributed by atoms with Gasteiger partial charge in [0.1, 0.15) is 5.75 Å². The van der Waals surface area contributed by atoms with E-state index < -0.39 is 0 Å². The summed E-state index contributed by atoms with van der Waals surface area (Å²) < 4.78 is 5.71. The molecule has 0 fully saturated rings. The molecule has 0 aliphatic rings. The molecule has 0 saturated carbocycles. The second-order valence-corrected chi connectivity index (χ2v) is 5.40. The Morgan fingerprint density at radius 1 is 1.09 bits per heavy atom. The van der Waals surface area contributed by atoms with Crippen LogP contribution in [0.25, 0.3) is 0 Å². The number of carbonyl (C=O) groups excluding carboxylic acids is 1. The number of nitrogens with one attached hydrogen (secondary N) is 1. The minimum absolute atomic E-state index is 0.0602. The maximum absolute atomic E-state index is 12.2. The maximum Gasteiger partial charge on any atom is 0.243 e. The van der Waals surface area contributed by atoms with Gasteiger partial charge in [-0.05, 0) is 38.1 Å². The van der Waals surface area contributed by atoms with Crippen LogP contribution >= 0.6 is 0 Å². The molecule has 0 aliphatic carbocycles. The van der Waals surface area contributed by atoms with Gasteiger partial charge in [0.05, 0.1) is 18.3 Å². The topological polar surface area (TPSA) is 41.6 Å². The van der Waals surface area contributed by atoms with Crippen LogP contribution in [-0.4, -0.2) is 25.6 Å². The van der Waals surface area contributed by atoms with E-state index in [-0.39, 0.29) is 18.6 Å². The van der Waals surface area contributed by atoms with E-state index in [4.69, 9.17) is 4.74 Å². The standard InChI is InChI=1S/C18H22N2O2/c1-14(2)22-17-12-8-7-11-16(17)19-18(21)13-20(3)15-9-5-4-6-10-15/h4-12,14H,13H2,1-3H3,(H,19,21). The minimum atomic E-state index is -0.0776. The zero-order chi connectivity index (χ0) is 15.9. The first-order valence-electron chi connectivity index (χ1n) is 7.38. The molecule has 2 aromatic carbocycles. The molecule has 0 aromatic heterocycles. The molecule has 0 atom stereocenters. The first-order valence-corrected chi connectivity index (χ1v) is 7.38. The van der Waals surface area contributed by atoms with Crippen LogP contribution in [0.3, 0.4) is 0 Å². The van der Waals surface area contributed by atoms with Crippen molar-refractivity contribution in [2.75, 3.05) is 23.8 Å². The molecule has 22 heavy (non-hydrogen) atoms. The summed E-state index contributed by atoms with van der Waals surface area (Å²) in [4.78, 5) is 14.1. The summed E-state index contributed by atoms with van der Waals surface area (Å²) in [5, 5.41) is 2.91. The predicted octanol–water partition coefficient (Wildman–Crippen LogP) is 3.55. The van der Waals surface area contributed by atoms with Crippen molar-refractivity contribution in [1.82, 2.24) is 0 Å². The molecular formula is C18H22N2O2. The lowest BCUT2D eigenvalue weighted by molar-refractivity contribution is -0.114. The van der Waals surface area contributed by atoms with E-state index in [9.17, 15) is 4.79 Å². The van der Waals surface area contributed by atoms with Crippen molar-refractivity contribution in [3.63, 3.8) is 0 Å². The number of carbonyl (C=O) groups is 1. The Balaban J connectivity index is 2.00. The summed E-state index contributed by atoms with van der Waals surface area (Å²) in [6.45, 7) is 4.20. The van der Waals surface area contributed by atoms with Crippen molar-refractivity contribution in [3.8, 4) is 5.75 Å². The fourth-order valence-electron chi connectivity index (χ4n) is 2.11. The molecule has 0 spiro atoms. The quantitative estimate of drug-likeness (QED) is 0.886. The fourth-order valence-corrected chi connectivity index (χ4v) is 2.11. The molecule has 2 aromatic rings. The molecule has 0 saturated heterocycles. The zero-order valence-electron chi connectivity index (χ0n) is 13.2. The van der Waals surface area contributed by atoms with E-state index >= 15 is 0 Å². The van der Waals surface area contributed by atoms with Crippen LogP contribution in [0, 0.1) is 0 Å². The molecule has 0 bridgehead atoms. The minimum Gasteiger partial charge on any atom is -0.489 e. The van der Waals surface area contributed by atoms with Crippen molar-refractivity contribution < 1.29 is 9.53 Å². The van der Waals surface area contributed by atoms with Crippen LogP contribution in [-0.2, 0) is 4.79 Å². The molecule has 2 rings (SSSR count). The number of rotatable bonds is 6. The van der Waals surface area contributed by atoms with Gasteiger partial charge in [-0.3, -0.25) is 4.79 Å². The summed E-state index contributed by atoms with van der Waals surface area (Å²) in [7, 11) is 1.89. The van der Waals surface area contributed by atoms with E-state index in [0.717, 1.165) is 5.69 Å². The molecule has 0 heterocycles. The highest BCUT2D eigenvalue weighted by Gasteiger charge is 2.11. The van der Waals surface area contributed by atoms with Gasteiger partial charge in [0.15, 0.2) is 0 Å². The van der Waals surface area contributed by atoms with E-state index in [0.29, 0.717) is 11.4 Å². The summed E-state index contributed by atoms with van der Waals surface area (Å²) >= 11 is 0. The van der Waals surface area contributed by atoms with Gasteiger partial charge in [0.2, 0.25) is 5.91 Å². The molecular weight excluding hydrogens is 276 g/mol. The van der Waals surface area contributed by atoms with Crippen LogP contribution in [0.15, 0.2) is 54.6 Å². The number of benzene rings is 2. The number of amides is 1. The van der Waals surface area contributed by atoms with Crippen LogP contribution in [0.5, 0.6) is 5.75 Å². The first kappa shape index (κ1) is 15.9. The number of ether oxygens (including phenoxy) is 1. The summed E-state index contributed by atoms with van der Waals surface area (Å²) in [6.07, 6.45) is 0.0602. The number of hydrogen-bond acceptors (Lipinski definition) is 3. The number of nitrogens with zero attached hydrogens (tertiary/aromatic N) is 1. The molecule has 4 heteroatoms. The van der Waals surface area contributed by atoms with Crippen LogP contribution < -0.4 is 15.0 Å². The highest BCUT2D eigenvalue weighted by molar-refractivity contribution is 5.95. The van der Waals surface area contributed by atoms with Gasteiger partial charge in [-0.1, -0.05) is 30.3 Å². The highest BCUT2D eigenvalue weighted by atomic mass is 16.5. The lowest BCUT2D eigenvalue weighted by atomic mass is 10.2. The smallest absolute Gasteiger partial charge is 0.243 e. The van der Waals surface area contributed by atoms with E-state index in [1.165, 1.54) is 0 Å². The van der Waals surface area contributed by atoms with Gasteiger partial charge >= 0.3 is 0 Å². The average Bonchev–Trinajstić information content (AvgIpc) is 2.49. The third-order valence-corrected chi connectivity index (χ3v) is 3.10. The van der Waals surface area contributed by atoms with E-state index in [1.807, 2.05) is 80.4 Å². The van der Waals surface area contributed by atoms with Crippen molar-refractivity contribution >= 4 is 17.3 Å². The molecule has 1 N–H and O–H groups in total. The third-order valence-electron chi connectivity index (χ3n) is 3.10. The first-order chi connectivity index (χ1) is 10.6. The molecule has 0 radical (unpaired) electrons. The Morgan fingerprint density at radius 2 is 1.73 bits per heavy atom. The number of para-hydroxylation sites is 3. The molecule has 1 amide bonds. The maximum atomic E-state index is 12.2. The number of hydrogen-bond donors (Lipinski definition) is 1. The average molecular weight is 298 g/mol. The highest BCUT2D eigenvalue weighted by Crippen LogP contribution is 2.24. The molecule has 4 nitrogen and oxygen atoms in total. The monoisotopic (exact) mass is 298 g/mol. The Kier molecular flexibility index (Phi) is 5.42. The largest absolute Gasteiger partial charge is 0.489 e. The van der Waals surface area contributed by atoms with Gasteiger partial charge in [-0.25, -0.2) is 0 Å². The van der Waals surface area contributed by atoms with Crippen LogP contribution in [0.2, 0.25) is 0 Å². The lowest BCUT2D eigenvalue weighted by Gasteiger charge is -2.19. The Morgan fingerprint density at radius 3 is 2.41 bits per heavy atom. The normalized spacial score (nSPS) is 10.4. The second-order valence-electron chi connectivity index (χ2n) is 5.40. The van der Waals surface area contributed by atoms with Gasteiger partial charge in [0.25, 0.3) is 0 Å². The predicted molar refractivity (Wildman–Crippen MR) is 90.5 cm³/mol. The summed E-state index contributed by atoms with van der Waals surface area (Å²) in [6, 6.07) is 17.3. The summed E-state index contributed by atoms with van der Waals surface area (Å²) in [5.41, 5.74) is 1.70. The van der Waals surface area contributed by atoms with Gasteiger partial charge in [-0.15, -0.1) is 0 Å². The van der Waals surface area contributed by atoms with Gasteiger partial charge in [-0.2, -0.15) is 0 Å². The van der Waals surface area contributed by atoms with Crippen molar-refractivity contribution in [2.45, 2.75) is 20.0 Å².